The molecule has 172 valence electrons. The number of carboxylic acid groups (broad SMARTS) is 1. The van der Waals surface area contributed by atoms with Crippen molar-refractivity contribution in [3.8, 4) is 5.75 Å². The van der Waals surface area contributed by atoms with Gasteiger partial charge >= 0.3 is 5.97 Å². The second-order valence-electron chi connectivity index (χ2n) is 7.78. The van der Waals surface area contributed by atoms with E-state index in [0.717, 1.165) is 26.0 Å². The maximum Gasteiger partial charge on any atom is 0.356 e. The molecule has 0 bridgehead atoms. The van der Waals surface area contributed by atoms with Gasteiger partial charge in [-0.05, 0) is 32.3 Å². The number of aromatic carboxylic acids is 1. The van der Waals surface area contributed by atoms with Crippen molar-refractivity contribution in [2.24, 2.45) is 0 Å². The normalized spacial score (nSPS) is 18.6. The van der Waals surface area contributed by atoms with Crippen molar-refractivity contribution < 1.29 is 28.2 Å². The molecule has 32 heavy (non-hydrogen) atoms. The number of aromatic nitrogens is 1. The molecule has 1 aromatic heterocycles. The van der Waals surface area contributed by atoms with Crippen LogP contribution in [0.25, 0.3) is 0 Å². The summed E-state index contributed by atoms with van der Waals surface area (Å²) in [5.41, 5.74) is -1.50. The van der Waals surface area contributed by atoms with Crippen molar-refractivity contribution in [2.45, 2.75) is 44.8 Å². The molecule has 1 aliphatic rings. The monoisotopic (exact) mass is 449 g/mol. The first-order valence-corrected chi connectivity index (χ1v) is 10.2. The Balaban J connectivity index is 1.98. The Kier molecular flexibility index (Phi) is 7.24. The number of rotatable bonds is 6. The molecule has 1 amide bonds. The van der Waals surface area contributed by atoms with Crippen molar-refractivity contribution in [1.29, 1.82) is 0 Å². The van der Waals surface area contributed by atoms with Gasteiger partial charge in [0, 0.05) is 43.0 Å². The van der Waals surface area contributed by atoms with Gasteiger partial charge in [0.2, 0.25) is 5.43 Å². The molecule has 10 heteroatoms. The fraction of sp³-hybridized carbons (Fsp3) is 0.409. The van der Waals surface area contributed by atoms with Crippen molar-refractivity contribution in [3.05, 3.63) is 63.1 Å². The summed E-state index contributed by atoms with van der Waals surface area (Å²) in [7, 11) is 1.16. The fourth-order valence-electron chi connectivity index (χ4n) is 3.83. The van der Waals surface area contributed by atoms with Gasteiger partial charge < -0.3 is 25.0 Å². The minimum atomic E-state index is -1.35. The SMILES string of the molecule is COc1c(C(=O)O)n(C2CCCC(C)NC2)cc(C(=O)NCc2ccc(F)cc2F)c1=O. The second kappa shape index (κ2) is 9.90. The molecule has 3 N–H and O–H groups in total. The summed E-state index contributed by atoms with van der Waals surface area (Å²) < 4.78 is 33.4. The molecule has 3 rings (SSSR count). The van der Waals surface area contributed by atoms with Crippen LogP contribution in [0, 0.1) is 11.6 Å². The molecule has 2 heterocycles. The zero-order valence-electron chi connectivity index (χ0n) is 17.8. The zero-order valence-corrected chi connectivity index (χ0v) is 17.8. The number of hydrogen-bond acceptors (Lipinski definition) is 5. The van der Waals surface area contributed by atoms with E-state index in [4.69, 9.17) is 4.74 Å². The Labute approximate surface area is 183 Å². The van der Waals surface area contributed by atoms with E-state index in [-0.39, 0.29) is 35.4 Å². The fourth-order valence-corrected chi connectivity index (χ4v) is 3.83. The first-order chi connectivity index (χ1) is 15.2. The first-order valence-electron chi connectivity index (χ1n) is 10.2. The highest BCUT2D eigenvalue weighted by molar-refractivity contribution is 5.96. The molecule has 2 aromatic rings. The van der Waals surface area contributed by atoms with Gasteiger partial charge in [-0.2, -0.15) is 0 Å². The number of amides is 1. The van der Waals surface area contributed by atoms with E-state index in [1.807, 2.05) is 6.92 Å². The zero-order chi connectivity index (χ0) is 23.4. The molecular weight excluding hydrogens is 424 g/mol. The molecule has 1 saturated heterocycles. The van der Waals surface area contributed by atoms with E-state index in [2.05, 4.69) is 10.6 Å². The van der Waals surface area contributed by atoms with Gasteiger partial charge in [-0.15, -0.1) is 0 Å². The van der Waals surface area contributed by atoms with E-state index >= 15 is 0 Å². The number of nitrogens with one attached hydrogen (secondary N) is 2. The summed E-state index contributed by atoms with van der Waals surface area (Å²) in [4.78, 5) is 37.6. The topological polar surface area (TPSA) is 110 Å². The molecule has 1 fully saturated rings. The Morgan fingerprint density at radius 2 is 2.06 bits per heavy atom. The van der Waals surface area contributed by atoms with Gasteiger partial charge in [0.1, 0.15) is 17.2 Å². The third-order valence-corrected chi connectivity index (χ3v) is 5.57. The van der Waals surface area contributed by atoms with Crippen molar-refractivity contribution in [3.63, 3.8) is 0 Å². The van der Waals surface area contributed by atoms with Crippen LogP contribution in [-0.4, -0.2) is 41.2 Å². The molecule has 1 aliphatic heterocycles. The average Bonchev–Trinajstić information content (AvgIpc) is 2.96. The van der Waals surface area contributed by atoms with E-state index in [1.165, 1.54) is 16.8 Å². The molecular formula is C22H25F2N3O5. The van der Waals surface area contributed by atoms with Crippen molar-refractivity contribution >= 4 is 11.9 Å². The highest BCUT2D eigenvalue weighted by Gasteiger charge is 2.29. The summed E-state index contributed by atoms with van der Waals surface area (Å²) in [6, 6.07) is 2.88. The quantitative estimate of drug-likeness (QED) is 0.625. The maximum absolute atomic E-state index is 13.9. The minimum absolute atomic E-state index is 0.0381. The Morgan fingerprint density at radius 3 is 2.72 bits per heavy atom. The predicted octanol–water partition coefficient (Wildman–Crippen LogP) is 2.47. The van der Waals surface area contributed by atoms with Crippen LogP contribution < -0.4 is 20.8 Å². The van der Waals surface area contributed by atoms with Gasteiger partial charge in [-0.1, -0.05) is 6.07 Å². The van der Waals surface area contributed by atoms with Gasteiger partial charge in [-0.25, -0.2) is 13.6 Å². The standard InChI is InChI=1S/C22H25F2N3O5/c1-12-4-3-5-15(10-25-12)27-11-16(19(28)20(32-2)18(27)22(30)31)21(29)26-9-13-6-7-14(23)8-17(13)24/h6-8,11-12,15,25H,3-5,9-10H2,1-2H3,(H,26,29)(H,30,31). The highest BCUT2D eigenvalue weighted by Crippen LogP contribution is 2.25. The van der Waals surface area contributed by atoms with Crippen molar-refractivity contribution in [2.75, 3.05) is 13.7 Å². The summed E-state index contributed by atoms with van der Waals surface area (Å²) in [6.07, 6.45) is 3.60. The number of carbonyl (C=O) groups excluding carboxylic acids is 1. The van der Waals surface area contributed by atoms with Crippen LogP contribution in [-0.2, 0) is 6.54 Å². The summed E-state index contributed by atoms with van der Waals surface area (Å²) in [6.45, 7) is 2.20. The number of ether oxygens (including phenoxy) is 1. The Morgan fingerprint density at radius 1 is 1.31 bits per heavy atom. The lowest BCUT2D eigenvalue weighted by atomic mass is 10.1. The number of halogens is 2. The van der Waals surface area contributed by atoms with Gasteiger partial charge in [0.05, 0.1) is 7.11 Å². The van der Waals surface area contributed by atoms with Crippen LogP contribution >= 0.6 is 0 Å². The molecule has 0 spiro atoms. The molecule has 2 unspecified atom stereocenters. The van der Waals surface area contributed by atoms with Crippen molar-refractivity contribution in [1.82, 2.24) is 15.2 Å². The Hall–Kier alpha value is -3.27. The molecule has 8 nitrogen and oxygen atoms in total. The predicted molar refractivity (Wildman–Crippen MR) is 112 cm³/mol. The first kappa shape index (κ1) is 23.4. The number of hydrogen-bond donors (Lipinski definition) is 3. The van der Waals surface area contributed by atoms with Gasteiger partial charge in [0.25, 0.3) is 5.91 Å². The third-order valence-electron chi connectivity index (χ3n) is 5.57. The number of carbonyl (C=O) groups is 2. The smallest absolute Gasteiger partial charge is 0.356 e. The van der Waals surface area contributed by atoms with E-state index in [9.17, 15) is 28.3 Å². The Bertz CT molecular complexity index is 1090. The number of nitrogens with zero attached hydrogens (tertiary/aromatic N) is 1. The molecule has 1 aromatic carbocycles. The van der Waals surface area contributed by atoms with Crippen LogP contribution in [0.15, 0.2) is 29.2 Å². The average molecular weight is 449 g/mol. The lowest BCUT2D eigenvalue weighted by Gasteiger charge is -2.24. The van der Waals surface area contributed by atoms with Gasteiger partial charge in [0.15, 0.2) is 11.4 Å². The highest BCUT2D eigenvalue weighted by atomic mass is 19.1. The molecule has 0 radical (unpaired) electrons. The largest absolute Gasteiger partial charge is 0.491 e. The summed E-state index contributed by atoms with van der Waals surface area (Å²) >= 11 is 0. The molecule has 0 aliphatic carbocycles. The molecule has 2 atom stereocenters. The number of methoxy groups -OCH3 is 1. The van der Waals surface area contributed by atoms with Crippen LogP contribution in [0.1, 0.15) is 58.6 Å². The van der Waals surface area contributed by atoms with E-state index < -0.39 is 34.7 Å². The number of pyridine rings is 1. The van der Waals surface area contributed by atoms with Gasteiger partial charge in [-0.3, -0.25) is 9.59 Å². The van der Waals surface area contributed by atoms with E-state index in [0.29, 0.717) is 19.0 Å². The summed E-state index contributed by atoms with van der Waals surface area (Å²) in [5, 5.41) is 15.5. The lowest BCUT2D eigenvalue weighted by molar-refractivity contribution is 0.0674. The van der Waals surface area contributed by atoms with Crippen LogP contribution in [0.3, 0.4) is 0 Å². The van der Waals surface area contributed by atoms with Crippen LogP contribution in [0.5, 0.6) is 5.75 Å². The third kappa shape index (κ3) is 4.96. The second-order valence-corrected chi connectivity index (χ2v) is 7.78. The number of carboxylic acids is 1. The maximum atomic E-state index is 13.9. The van der Waals surface area contributed by atoms with E-state index in [1.54, 1.807) is 0 Å². The van der Waals surface area contributed by atoms with Crippen LogP contribution in [0.4, 0.5) is 8.78 Å². The summed E-state index contributed by atoms with van der Waals surface area (Å²) in [5.74, 6) is -4.20. The number of benzene rings is 1. The lowest BCUT2D eigenvalue weighted by Crippen LogP contribution is -2.35. The minimum Gasteiger partial charge on any atom is -0.491 e. The van der Waals surface area contributed by atoms with Crippen LogP contribution in [0.2, 0.25) is 0 Å². The molecule has 0 saturated carbocycles.